The molecule has 0 radical (unpaired) electrons. The van der Waals surface area contributed by atoms with Gasteiger partial charge in [0.05, 0.1) is 6.10 Å². The fourth-order valence-corrected chi connectivity index (χ4v) is 2.13. The number of nitrogens with one attached hydrogen (secondary N) is 2. The second kappa shape index (κ2) is 6.56. The molecular formula is C15H19FN2O3. The van der Waals surface area contributed by atoms with Crippen LogP contribution in [0.25, 0.3) is 0 Å². The maximum absolute atomic E-state index is 13.8. The van der Waals surface area contributed by atoms with E-state index in [0.717, 1.165) is 0 Å². The lowest BCUT2D eigenvalue weighted by atomic mass is 10.2. The molecule has 0 aliphatic carbocycles. The minimum absolute atomic E-state index is 0.101. The van der Waals surface area contributed by atoms with E-state index in [1.807, 2.05) is 13.8 Å². The van der Waals surface area contributed by atoms with Gasteiger partial charge in [0.2, 0.25) is 11.8 Å². The number of benzene rings is 1. The third-order valence-corrected chi connectivity index (χ3v) is 3.14. The van der Waals surface area contributed by atoms with Gasteiger partial charge in [-0.05, 0) is 38.0 Å². The summed E-state index contributed by atoms with van der Waals surface area (Å²) in [5, 5.41) is 5.27. The fourth-order valence-electron chi connectivity index (χ4n) is 2.13. The Morgan fingerprint density at radius 2 is 2.29 bits per heavy atom. The summed E-state index contributed by atoms with van der Waals surface area (Å²) in [7, 11) is 0. The largest absolute Gasteiger partial charge is 0.488 e. The summed E-state index contributed by atoms with van der Waals surface area (Å²) in [6, 6.07) is 4.11. The highest BCUT2D eigenvalue weighted by Crippen LogP contribution is 2.19. The van der Waals surface area contributed by atoms with Crippen LogP contribution < -0.4 is 15.4 Å². The summed E-state index contributed by atoms with van der Waals surface area (Å²) in [4.78, 5) is 22.9. The second-order valence-electron chi connectivity index (χ2n) is 5.31. The van der Waals surface area contributed by atoms with Crippen LogP contribution in [-0.4, -0.2) is 24.0 Å². The zero-order chi connectivity index (χ0) is 15.4. The molecular weight excluding hydrogens is 275 g/mol. The van der Waals surface area contributed by atoms with E-state index in [-0.39, 0.29) is 30.2 Å². The van der Waals surface area contributed by atoms with Gasteiger partial charge in [0, 0.05) is 13.0 Å². The molecule has 114 valence electrons. The van der Waals surface area contributed by atoms with Gasteiger partial charge in [-0.3, -0.25) is 9.59 Å². The molecule has 5 nitrogen and oxygen atoms in total. The van der Waals surface area contributed by atoms with Crippen LogP contribution in [0.4, 0.5) is 4.39 Å². The van der Waals surface area contributed by atoms with Crippen molar-refractivity contribution in [2.24, 2.45) is 0 Å². The highest BCUT2D eigenvalue weighted by Gasteiger charge is 2.26. The Hall–Kier alpha value is -2.11. The Bertz CT molecular complexity index is 546. The van der Waals surface area contributed by atoms with Gasteiger partial charge in [-0.2, -0.15) is 0 Å². The van der Waals surface area contributed by atoms with Crippen LogP contribution in [-0.2, 0) is 16.1 Å². The van der Waals surface area contributed by atoms with Gasteiger partial charge in [-0.25, -0.2) is 4.39 Å². The first kappa shape index (κ1) is 15.3. The van der Waals surface area contributed by atoms with E-state index < -0.39 is 11.9 Å². The monoisotopic (exact) mass is 294 g/mol. The Morgan fingerprint density at radius 1 is 1.52 bits per heavy atom. The van der Waals surface area contributed by atoms with E-state index in [1.165, 1.54) is 6.07 Å². The van der Waals surface area contributed by atoms with Gasteiger partial charge in [0.25, 0.3) is 0 Å². The molecule has 1 aliphatic rings. The van der Waals surface area contributed by atoms with Crippen LogP contribution in [0.2, 0.25) is 0 Å². The van der Waals surface area contributed by atoms with Crippen molar-refractivity contribution < 1.29 is 18.7 Å². The number of amides is 2. The first-order valence-electron chi connectivity index (χ1n) is 6.98. The standard InChI is InChI=1S/C15H19FN2O3/c1-9(2)21-13-5-3-10(7-11(13)16)8-17-15(20)12-4-6-14(19)18-12/h3,5,7,9,12H,4,6,8H2,1-2H3,(H,17,20)(H,18,19)/t12-/m0/s1. The first-order chi connectivity index (χ1) is 9.95. The van der Waals surface area contributed by atoms with Crippen LogP contribution in [0.1, 0.15) is 32.3 Å². The summed E-state index contributed by atoms with van der Waals surface area (Å²) in [5.41, 5.74) is 0.640. The minimum Gasteiger partial charge on any atom is -0.488 e. The predicted octanol–water partition coefficient (Wildman–Crippen LogP) is 1.51. The van der Waals surface area contributed by atoms with E-state index in [1.54, 1.807) is 12.1 Å². The van der Waals surface area contributed by atoms with Crippen LogP contribution in [0.5, 0.6) is 5.75 Å². The highest BCUT2D eigenvalue weighted by molar-refractivity contribution is 5.90. The lowest BCUT2D eigenvalue weighted by Gasteiger charge is -2.13. The number of hydrogen-bond acceptors (Lipinski definition) is 3. The quantitative estimate of drug-likeness (QED) is 0.865. The van der Waals surface area contributed by atoms with Crippen molar-refractivity contribution in [3.63, 3.8) is 0 Å². The number of ether oxygens (including phenoxy) is 1. The summed E-state index contributed by atoms with van der Waals surface area (Å²) in [5.74, 6) is -0.618. The van der Waals surface area contributed by atoms with Crippen LogP contribution in [0, 0.1) is 5.82 Å². The summed E-state index contributed by atoms with van der Waals surface area (Å²) < 4.78 is 19.1. The van der Waals surface area contributed by atoms with Crippen LogP contribution in [0.3, 0.4) is 0 Å². The molecule has 1 atom stereocenters. The van der Waals surface area contributed by atoms with Crippen molar-refractivity contribution in [2.75, 3.05) is 0 Å². The molecule has 21 heavy (non-hydrogen) atoms. The third-order valence-electron chi connectivity index (χ3n) is 3.14. The molecule has 1 aromatic rings. The average molecular weight is 294 g/mol. The van der Waals surface area contributed by atoms with Crippen molar-refractivity contribution in [2.45, 2.75) is 45.4 Å². The van der Waals surface area contributed by atoms with E-state index in [4.69, 9.17) is 4.74 Å². The lowest BCUT2D eigenvalue weighted by molar-refractivity contribution is -0.125. The van der Waals surface area contributed by atoms with E-state index in [9.17, 15) is 14.0 Å². The summed E-state index contributed by atoms with van der Waals surface area (Å²) in [6.45, 7) is 3.86. The predicted molar refractivity (Wildman–Crippen MR) is 75.2 cm³/mol. The van der Waals surface area contributed by atoms with Gasteiger partial charge in [0.15, 0.2) is 11.6 Å². The number of halogens is 1. The van der Waals surface area contributed by atoms with E-state index in [2.05, 4.69) is 10.6 Å². The maximum Gasteiger partial charge on any atom is 0.242 e. The molecule has 1 fully saturated rings. The minimum atomic E-state index is -0.481. The number of rotatable bonds is 5. The van der Waals surface area contributed by atoms with Crippen molar-refractivity contribution in [1.82, 2.24) is 10.6 Å². The van der Waals surface area contributed by atoms with Gasteiger partial charge in [-0.15, -0.1) is 0 Å². The first-order valence-corrected chi connectivity index (χ1v) is 6.98. The Morgan fingerprint density at radius 3 is 2.86 bits per heavy atom. The Balaban J connectivity index is 1.90. The second-order valence-corrected chi connectivity index (χ2v) is 5.31. The molecule has 2 rings (SSSR count). The molecule has 1 aromatic carbocycles. The number of carbonyl (C=O) groups is 2. The molecule has 0 bridgehead atoms. The smallest absolute Gasteiger partial charge is 0.242 e. The molecule has 1 saturated heterocycles. The number of carbonyl (C=O) groups excluding carboxylic acids is 2. The molecule has 0 aromatic heterocycles. The van der Waals surface area contributed by atoms with E-state index in [0.29, 0.717) is 18.4 Å². The molecule has 0 saturated carbocycles. The summed E-state index contributed by atoms with van der Waals surface area (Å²) >= 11 is 0. The van der Waals surface area contributed by atoms with Crippen LogP contribution in [0.15, 0.2) is 18.2 Å². The number of hydrogen-bond donors (Lipinski definition) is 2. The molecule has 2 amide bonds. The van der Waals surface area contributed by atoms with Gasteiger partial charge in [0.1, 0.15) is 6.04 Å². The average Bonchev–Trinajstić information content (AvgIpc) is 2.85. The maximum atomic E-state index is 13.8. The summed E-state index contributed by atoms with van der Waals surface area (Å²) in [6.07, 6.45) is 0.768. The van der Waals surface area contributed by atoms with Gasteiger partial charge < -0.3 is 15.4 Å². The highest BCUT2D eigenvalue weighted by atomic mass is 19.1. The molecule has 6 heteroatoms. The van der Waals surface area contributed by atoms with Gasteiger partial charge >= 0.3 is 0 Å². The zero-order valence-electron chi connectivity index (χ0n) is 12.1. The molecule has 0 unspecified atom stereocenters. The van der Waals surface area contributed by atoms with Crippen molar-refractivity contribution in [3.8, 4) is 5.75 Å². The lowest BCUT2D eigenvalue weighted by Crippen LogP contribution is -2.41. The van der Waals surface area contributed by atoms with E-state index >= 15 is 0 Å². The Kier molecular flexibility index (Phi) is 4.77. The third kappa shape index (κ3) is 4.18. The molecule has 0 spiro atoms. The normalized spacial score (nSPS) is 17.7. The van der Waals surface area contributed by atoms with Crippen LogP contribution >= 0.6 is 0 Å². The SMILES string of the molecule is CC(C)Oc1ccc(CNC(=O)[C@@H]2CCC(=O)N2)cc1F. The van der Waals surface area contributed by atoms with Crippen molar-refractivity contribution in [1.29, 1.82) is 0 Å². The molecule has 1 heterocycles. The topological polar surface area (TPSA) is 67.4 Å². The van der Waals surface area contributed by atoms with Crippen molar-refractivity contribution in [3.05, 3.63) is 29.6 Å². The molecule has 1 aliphatic heterocycles. The molecule has 2 N–H and O–H groups in total. The van der Waals surface area contributed by atoms with Crippen molar-refractivity contribution >= 4 is 11.8 Å². The zero-order valence-corrected chi connectivity index (χ0v) is 12.1. The fraction of sp³-hybridized carbons (Fsp3) is 0.467. The van der Waals surface area contributed by atoms with Gasteiger partial charge in [-0.1, -0.05) is 6.07 Å². The Labute approximate surface area is 122 Å².